The molecule has 1 aliphatic heterocycles. The van der Waals surface area contributed by atoms with Gasteiger partial charge < -0.3 is 10.1 Å². The number of aryl methyl sites for hydroxylation is 3. The summed E-state index contributed by atoms with van der Waals surface area (Å²) in [7, 11) is -3.94. The van der Waals surface area contributed by atoms with Crippen LogP contribution in [0, 0.1) is 20.8 Å². The minimum atomic E-state index is -3.94. The highest BCUT2D eigenvalue weighted by Crippen LogP contribution is 2.37. The van der Waals surface area contributed by atoms with Gasteiger partial charge in [0.05, 0.1) is 23.2 Å². The Morgan fingerprint density at radius 3 is 2.38 bits per heavy atom. The van der Waals surface area contributed by atoms with Crippen LogP contribution >= 0.6 is 11.6 Å². The highest BCUT2D eigenvalue weighted by Gasteiger charge is 2.37. The molecular weight excluding hydrogens is 472 g/mol. The number of fused-ring (bicyclic) bond motifs is 1. The highest BCUT2D eigenvalue weighted by atomic mass is 35.5. The van der Waals surface area contributed by atoms with E-state index in [9.17, 15) is 13.2 Å². The molecule has 1 heterocycles. The topological polar surface area (TPSA) is 75.7 Å². The number of ether oxygens (including phenoxy) is 1. The van der Waals surface area contributed by atoms with Crippen LogP contribution in [-0.2, 0) is 14.8 Å². The lowest BCUT2D eigenvalue weighted by molar-refractivity contribution is -0.128. The molecule has 1 amide bonds. The van der Waals surface area contributed by atoms with Crippen molar-refractivity contribution in [1.82, 2.24) is 5.32 Å². The number of hydrogen-bond acceptors (Lipinski definition) is 4. The summed E-state index contributed by atoms with van der Waals surface area (Å²) in [5.74, 6) is -0.0441. The van der Waals surface area contributed by atoms with Gasteiger partial charge in [0.1, 0.15) is 5.75 Å². The highest BCUT2D eigenvalue weighted by molar-refractivity contribution is 7.92. The third kappa shape index (κ3) is 4.63. The molecule has 0 saturated heterocycles. The zero-order chi connectivity index (χ0) is 24.6. The van der Waals surface area contributed by atoms with Gasteiger partial charge in [-0.15, -0.1) is 0 Å². The summed E-state index contributed by atoms with van der Waals surface area (Å²) < 4.78 is 34.1. The molecular formula is C26H27ClN2O4S. The molecule has 178 valence electrons. The summed E-state index contributed by atoms with van der Waals surface area (Å²) in [6.07, 6.45) is -1.01. The maximum Gasteiger partial charge on any atom is 0.264 e. The van der Waals surface area contributed by atoms with E-state index in [0.717, 1.165) is 16.7 Å². The lowest BCUT2D eigenvalue weighted by Gasteiger charge is -2.35. The van der Waals surface area contributed by atoms with E-state index in [2.05, 4.69) is 24.4 Å². The van der Waals surface area contributed by atoms with Crippen LogP contribution in [0.4, 0.5) is 5.69 Å². The molecule has 0 unspecified atom stereocenters. The number of carbonyl (C=O) groups excluding carboxylic acids is 1. The number of carbonyl (C=O) groups is 1. The Labute approximate surface area is 205 Å². The number of hydrogen-bond donors (Lipinski definition) is 1. The molecule has 0 fully saturated rings. The summed E-state index contributed by atoms with van der Waals surface area (Å²) in [5, 5.41) is 3.44. The SMILES string of the molecule is Cc1cc(C)c([C@H](C)NC(=O)[C@H]2CN(S(=O)(=O)c3ccc(Cl)cc3)c3ccccc3O2)cc1C. The van der Waals surface area contributed by atoms with E-state index in [1.165, 1.54) is 34.1 Å². The normalized spacial score (nSPS) is 16.4. The predicted molar refractivity (Wildman–Crippen MR) is 134 cm³/mol. The Kier molecular flexibility index (Phi) is 6.60. The van der Waals surface area contributed by atoms with Crippen molar-refractivity contribution in [1.29, 1.82) is 0 Å². The van der Waals surface area contributed by atoms with Gasteiger partial charge in [-0.25, -0.2) is 8.42 Å². The number of nitrogens with zero attached hydrogens (tertiary/aromatic N) is 1. The summed E-state index contributed by atoms with van der Waals surface area (Å²) in [5.41, 5.74) is 4.82. The fourth-order valence-corrected chi connectivity index (χ4v) is 5.74. The van der Waals surface area contributed by atoms with Gasteiger partial charge in [-0.1, -0.05) is 35.9 Å². The van der Waals surface area contributed by atoms with Crippen LogP contribution in [0.25, 0.3) is 0 Å². The Bertz CT molecular complexity index is 1340. The van der Waals surface area contributed by atoms with Gasteiger partial charge in [-0.2, -0.15) is 0 Å². The molecule has 4 rings (SSSR count). The van der Waals surface area contributed by atoms with E-state index in [4.69, 9.17) is 16.3 Å². The van der Waals surface area contributed by atoms with Crippen molar-refractivity contribution < 1.29 is 17.9 Å². The lowest BCUT2D eigenvalue weighted by Crippen LogP contribution is -2.51. The Hall–Kier alpha value is -3.03. The number of benzene rings is 3. The minimum Gasteiger partial charge on any atom is -0.476 e. The molecule has 3 aromatic rings. The van der Waals surface area contributed by atoms with Crippen molar-refractivity contribution in [2.45, 2.75) is 44.7 Å². The number of halogens is 1. The van der Waals surface area contributed by atoms with E-state index >= 15 is 0 Å². The monoisotopic (exact) mass is 498 g/mol. The zero-order valence-corrected chi connectivity index (χ0v) is 21.1. The lowest BCUT2D eigenvalue weighted by atomic mass is 9.96. The van der Waals surface area contributed by atoms with Crippen LogP contribution in [0.5, 0.6) is 5.75 Å². The first-order chi connectivity index (χ1) is 16.1. The van der Waals surface area contributed by atoms with Gasteiger partial charge in [0.15, 0.2) is 6.10 Å². The van der Waals surface area contributed by atoms with Crippen molar-refractivity contribution in [3.05, 3.63) is 87.9 Å². The van der Waals surface area contributed by atoms with Crippen molar-refractivity contribution in [3.8, 4) is 5.75 Å². The quantitative estimate of drug-likeness (QED) is 0.531. The first kappa shape index (κ1) is 24.1. The largest absolute Gasteiger partial charge is 0.476 e. The van der Waals surface area contributed by atoms with Gasteiger partial charge in [-0.05, 0) is 86.3 Å². The Balaban J connectivity index is 1.62. The van der Waals surface area contributed by atoms with Gasteiger partial charge in [0.2, 0.25) is 0 Å². The van der Waals surface area contributed by atoms with E-state index in [-0.39, 0.29) is 23.4 Å². The third-order valence-electron chi connectivity index (χ3n) is 6.14. The first-order valence-corrected chi connectivity index (χ1v) is 12.8. The maximum absolute atomic E-state index is 13.5. The molecule has 0 saturated carbocycles. The molecule has 0 bridgehead atoms. The average Bonchev–Trinajstić information content (AvgIpc) is 2.80. The number of sulfonamides is 1. The molecule has 34 heavy (non-hydrogen) atoms. The van der Waals surface area contributed by atoms with Crippen molar-refractivity contribution in [3.63, 3.8) is 0 Å². The molecule has 0 radical (unpaired) electrons. The van der Waals surface area contributed by atoms with Crippen LogP contribution in [0.15, 0.2) is 65.6 Å². The number of rotatable bonds is 5. The van der Waals surface area contributed by atoms with Crippen LogP contribution in [0.3, 0.4) is 0 Å². The summed E-state index contributed by atoms with van der Waals surface area (Å²) in [6, 6.07) is 16.7. The number of para-hydroxylation sites is 2. The van der Waals surface area contributed by atoms with Crippen molar-refractivity contribution in [2.75, 3.05) is 10.8 Å². The Morgan fingerprint density at radius 2 is 1.68 bits per heavy atom. The smallest absolute Gasteiger partial charge is 0.264 e. The van der Waals surface area contributed by atoms with Gasteiger partial charge in [0, 0.05) is 5.02 Å². The summed E-state index contributed by atoms with van der Waals surface area (Å²) >= 11 is 5.94. The second kappa shape index (κ2) is 9.31. The molecule has 0 spiro atoms. The zero-order valence-electron chi connectivity index (χ0n) is 19.5. The van der Waals surface area contributed by atoms with Crippen LogP contribution < -0.4 is 14.4 Å². The second-order valence-electron chi connectivity index (χ2n) is 8.59. The molecule has 0 aromatic heterocycles. The van der Waals surface area contributed by atoms with Crippen molar-refractivity contribution in [2.24, 2.45) is 0 Å². The number of anilines is 1. The molecule has 8 heteroatoms. The number of amides is 1. The van der Waals surface area contributed by atoms with E-state index in [1.54, 1.807) is 24.3 Å². The van der Waals surface area contributed by atoms with E-state index in [0.29, 0.717) is 16.5 Å². The molecule has 1 N–H and O–H groups in total. The predicted octanol–water partition coefficient (Wildman–Crippen LogP) is 5.10. The van der Waals surface area contributed by atoms with Gasteiger partial charge in [-0.3, -0.25) is 9.10 Å². The van der Waals surface area contributed by atoms with Crippen LogP contribution in [-0.4, -0.2) is 27.0 Å². The van der Waals surface area contributed by atoms with Crippen LogP contribution in [0.2, 0.25) is 5.02 Å². The molecule has 3 aromatic carbocycles. The van der Waals surface area contributed by atoms with Gasteiger partial charge in [0.25, 0.3) is 15.9 Å². The standard InChI is InChI=1S/C26H27ClN2O4S/c1-16-13-18(3)22(14-17(16)2)19(4)28-26(30)25-15-29(23-7-5-6-8-24(23)33-25)34(31,32)21-11-9-20(27)10-12-21/h5-14,19,25H,15H2,1-4H3,(H,28,30)/t19-,25+/m0/s1. The average molecular weight is 499 g/mol. The fraction of sp³-hybridized carbons (Fsp3) is 0.269. The summed E-state index contributed by atoms with van der Waals surface area (Å²) in [4.78, 5) is 13.3. The third-order valence-corrected chi connectivity index (χ3v) is 8.18. The van der Waals surface area contributed by atoms with E-state index < -0.39 is 16.1 Å². The molecule has 1 aliphatic rings. The minimum absolute atomic E-state index is 0.0897. The van der Waals surface area contributed by atoms with Crippen molar-refractivity contribution >= 4 is 33.2 Å². The van der Waals surface area contributed by atoms with E-state index in [1.807, 2.05) is 20.8 Å². The van der Waals surface area contributed by atoms with Crippen LogP contribution in [0.1, 0.15) is 35.2 Å². The number of nitrogens with one attached hydrogen (secondary N) is 1. The molecule has 6 nitrogen and oxygen atoms in total. The Morgan fingerprint density at radius 1 is 1.03 bits per heavy atom. The maximum atomic E-state index is 13.5. The molecule has 2 atom stereocenters. The first-order valence-electron chi connectivity index (χ1n) is 11.0. The van der Waals surface area contributed by atoms with Gasteiger partial charge >= 0.3 is 0 Å². The molecule has 0 aliphatic carbocycles. The summed E-state index contributed by atoms with van der Waals surface area (Å²) in [6.45, 7) is 7.87. The fourth-order valence-electron chi connectivity index (χ4n) is 4.13. The second-order valence-corrected chi connectivity index (χ2v) is 10.9.